The van der Waals surface area contributed by atoms with Crippen molar-refractivity contribution in [1.82, 2.24) is 4.90 Å². The molecule has 0 saturated heterocycles. The average molecular weight is 296 g/mol. The van der Waals surface area contributed by atoms with E-state index in [1.165, 1.54) is 4.90 Å². The molecule has 106 valence electrons. The van der Waals surface area contributed by atoms with Crippen molar-refractivity contribution >= 4 is 29.6 Å². The number of likely N-dealkylation sites (N-methyl/N-ethyl adjacent to an activating group) is 1. The molecule has 20 heavy (non-hydrogen) atoms. The Morgan fingerprint density at radius 3 is 2.90 bits per heavy atom. The number of hydrogen-bond donors (Lipinski definition) is 1. The first kappa shape index (κ1) is 14.4. The molecule has 1 N–H and O–H groups in total. The van der Waals surface area contributed by atoms with Crippen LogP contribution in [0.5, 0.6) is 5.75 Å². The normalized spacial score (nSPS) is 13.0. The Bertz CT molecular complexity index is 583. The summed E-state index contributed by atoms with van der Waals surface area (Å²) in [6.45, 7) is 0.332. The lowest BCUT2D eigenvalue weighted by Gasteiger charge is -2.22. The van der Waals surface area contributed by atoms with Crippen LogP contribution in [0.15, 0.2) is 23.8 Å². The second-order valence-electron chi connectivity index (χ2n) is 4.51. The monoisotopic (exact) mass is 295 g/mol. The molecule has 0 unspecified atom stereocenters. The Labute approximate surface area is 121 Å². The quantitative estimate of drug-likeness (QED) is 0.923. The lowest BCUT2D eigenvalue weighted by Crippen LogP contribution is -2.32. The van der Waals surface area contributed by atoms with Gasteiger partial charge in [-0.3, -0.25) is 9.59 Å². The zero-order valence-electron chi connectivity index (χ0n) is 10.9. The molecule has 1 aromatic carbocycles. The standard InChI is InChI=1S/C14H14ClNO4/c1-16(5-4-13(17)18)14(19)10-6-9-7-11(15)2-3-12(9)20-8-10/h2-3,6-7H,4-5,8H2,1H3,(H,17,18). The maximum Gasteiger partial charge on any atom is 0.305 e. The fraction of sp³-hybridized carbons (Fsp3) is 0.286. The van der Waals surface area contributed by atoms with Gasteiger partial charge in [-0.2, -0.15) is 0 Å². The van der Waals surface area contributed by atoms with Gasteiger partial charge in [0.1, 0.15) is 12.4 Å². The minimum Gasteiger partial charge on any atom is -0.488 e. The molecule has 1 heterocycles. The molecule has 1 aliphatic heterocycles. The number of carbonyl (C=O) groups is 2. The lowest BCUT2D eigenvalue weighted by atomic mass is 10.1. The van der Waals surface area contributed by atoms with Gasteiger partial charge in [-0.15, -0.1) is 0 Å². The fourth-order valence-electron chi connectivity index (χ4n) is 1.88. The van der Waals surface area contributed by atoms with Crippen molar-refractivity contribution in [2.45, 2.75) is 6.42 Å². The summed E-state index contributed by atoms with van der Waals surface area (Å²) in [6.07, 6.45) is 1.64. The summed E-state index contributed by atoms with van der Waals surface area (Å²) in [5.41, 5.74) is 1.23. The van der Waals surface area contributed by atoms with Crippen molar-refractivity contribution in [1.29, 1.82) is 0 Å². The Kier molecular flexibility index (Phi) is 4.29. The third-order valence-electron chi connectivity index (χ3n) is 2.97. The number of ether oxygens (including phenoxy) is 1. The molecule has 0 fully saturated rings. The van der Waals surface area contributed by atoms with Gasteiger partial charge in [0.05, 0.1) is 12.0 Å². The van der Waals surface area contributed by atoms with Gasteiger partial charge < -0.3 is 14.7 Å². The third-order valence-corrected chi connectivity index (χ3v) is 3.20. The number of carboxylic acid groups (broad SMARTS) is 1. The number of halogens is 1. The molecule has 2 rings (SSSR count). The first-order chi connectivity index (χ1) is 9.47. The van der Waals surface area contributed by atoms with Crippen LogP contribution in [0.2, 0.25) is 5.02 Å². The first-order valence-electron chi connectivity index (χ1n) is 6.07. The van der Waals surface area contributed by atoms with Crippen LogP contribution in [0, 0.1) is 0 Å². The van der Waals surface area contributed by atoms with Crippen molar-refractivity contribution in [2.24, 2.45) is 0 Å². The Balaban J connectivity index is 2.13. The van der Waals surface area contributed by atoms with Crippen LogP contribution in [-0.4, -0.2) is 42.1 Å². The van der Waals surface area contributed by atoms with Gasteiger partial charge in [-0.1, -0.05) is 11.6 Å². The summed E-state index contributed by atoms with van der Waals surface area (Å²) in [5.74, 6) is -0.494. The van der Waals surface area contributed by atoms with Crippen molar-refractivity contribution in [3.8, 4) is 5.75 Å². The van der Waals surface area contributed by atoms with E-state index >= 15 is 0 Å². The summed E-state index contributed by atoms with van der Waals surface area (Å²) in [5, 5.41) is 9.19. The molecule has 0 aromatic heterocycles. The second kappa shape index (κ2) is 5.96. The number of rotatable bonds is 4. The van der Waals surface area contributed by atoms with Crippen LogP contribution in [0.1, 0.15) is 12.0 Å². The molecule has 1 aliphatic rings. The van der Waals surface area contributed by atoms with Gasteiger partial charge in [-0.05, 0) is 24.3 Å². The lowest BCUT2D eigenvalue weighted by molar-refractivity contribution is -0.137. The van der Waals surface area contributed by atoms with E-state index in [1.54, 1.807) is 31.3 Å². The number of hydrogen-bond acceptors (Lipinski definition) is 3. The van der Waals surface area contributed by atoms with E-state index in [0.717, 1.165) is 5.56 Å². The molecule has 6 heteroatoms. The summed E-state index contributed by atoms with van der Waals surface area (Å²) < 4.78 is 5.50. The number of carboxylic acids is 1. The molecule has 0 bridgehead atoms. The van der Waals surface area contributed by atoms with Crippen molar-refractivity contribution in [3.05, 3.63) is 34.4 Å². The van der Waals surface area contributed by atoms with Crippen molar-refractivity contribution in [2.75, 3.05) is 20.2 Å². The highest BCUT2D eigenvalue weighted by Crippen LogP contribution is 2.29. The Hall–Kier alpha value is -2.01. The molecule has 1 aromatic rings. The van der Waals surface area contributed by atoms with E-state index in [-0.39, 0.29) is 25.5 Å². The average Bonchev–Trinajstić information content (AvgIpc) is 2.43. The molecule has 5 nitrogen and oxygen atoms in total. The van der Waals surface area contributed by atoms with Crippen LogP contribution < -0.4 is 4.74 Å². The molecule has 0 aliphatic carbocycles. The van der Waals surface area contributed by atoms with Gasteiger partial charge in [0.15, 0.2) is 0 Å². The van der Waals surface area contributed by atoms with Crippen molar-refractivity contribution < 1.29 is 19.4 Å². The summed E-state index contributed by atoms with van der Waals surface area (Å²) in [7, 11) is 1.57. The molecule has 0 radical (unpaired) electrons. The molecule has 0 spiro atoms. The minimum absolute atomic E-state index is 0.0845. The number of nitrogens with zero attached hydrogens (tertiary/aromatic N) is 1. The van der Waals surface area contributed by atoms with Crippen molar-refractivity contribution in [3.63, 3.8) is 0 Å². The van der Waals surface area contributed by atoms with Crippen LogP contribution in [0.4, 0.5) is 0 Å². The van der Waals surface area contributed by atoms with Gasteiger partial charge in [0, 0.05) is 24.2 Å². The van der Waals surface area contributed by atoms with Gasteiger partial charge in [-0.25, -0.2) is 0 Å². The van der Waals surface area contributed by atoms with Crippen LogP contribution in [0.25, 0.3) is 6.08 Å². The predicted molar refractivity (Wildman–Crippen MR) is 74.8 cm³/mol. The highest BCUT2D eigenvalue weighted by atomic mass is 35.5. The van der Waals surface area contributed by atoms with E-state index < -0.39 is 5.97 Å². The van der Waals surface area contributed by atoms with E-state index in [9.17, 15) is 9.59 Å². The third kappa shape index (κ3) is 3.30. The van der Waals surface area contributed by atoms with Gasteiger partial charge in [0.2, 0.25) is 0 Å². The second-order valence-corrected chi connectivity index (χ2v) is 4.95. The Morgan fingerprint density at radius 1 is 1.45 bits per heavy atom. The number of benzene rings is 1. The molecule has 1 amide bonds. The van der Waals surface area contributed by atoms with E-state index in [0.29, 0.717) is 16.3 Å². The molecule has 0 saturated carbocycles. The van der Waals surface area contributed by atoms with Crippen LogP contribution >= 0.6 is 11.6 Å². The fourth-order valence-corrected chi connectivity index (χ4v) is 2.06. The Morgan fingerprint density at radius 2 is 2.20 bits per heavy atom. The smallest absolute Gasteiger partial charge is 0.305 e. The van der Waals surface area contributed by atoms with Crippen LogP contribution in [-0.2, 0) is 9.59 Å². The van der Waals surface area contributed by atoms with Crippen LogP contribution in [0.3, 0.4) is 0 Å². The summed E-state index contributed by atoms with van der Waals surface area (Å²) >= 11 is 5.91. The maximum atomic E-state index is 12.2. The maximum absolute atomic E-state index is 12.2. The highest BCUT2D eigenvalue weighted by molar-refractivity contribution is 6.30. The van der Waals surface area contributed by atoms with E-state index in [4.69, 9.17) is 21.4 Å². The zero-order valence-corrected chi connectivity index (χ0v) is 11.7. The number of fused-ring (bicyclic) bond motifs is 1. The number of amides is 1. The largest absolute Gasteiger partial charge is 0.488 e. The van der Waals surface area contributed by atoms with Gasteiger partial charge >= 0.3 is 5.97 Å². The summed E-state index contributed by atoms with van der Waals surface area (Å²) in [6, 6.07) is 5.20. The van der Waals surface area contributed by atoms with E-state index in [1.807, 2.05) is 0 Å². The number of carbonyl (C=O) groups excluding carboxylic acids is 1. The zero-order chi connectivity index (χ0) is 14.7. The molecular weight excluding hydrogens is 282 g/mol. The number of aliphatic carboxylic acids is 1. The van der Waals surface area contributed by atoms with Gasteiger partial charge in [0.25, 0.3) is 5.91 Å². The summed E-state index contributed by atoms with van der Waals surface area (Å²) in [4.78, 5) is 24.0. The SMILES string of the molecule is CN(CCC(=O)O)C(=O)C1=Cc2cc(Cl)ccc2OC1. The highest BCUT2D eigenvalue weighted by Gasteiger charge is 2.20. The molecule has 0 atom stereocenters. The first-order valence-corrected chi connectivity index (χ1v) is 6.45. The minimum atomic E-state index is -0.935. The van der Waals surface area contributed by atoms with E-state index in [2.05, 4.69) is 0 Å². The topological polar surface area (TPSA) is 66.8 Å². The predicted octanol–water partition coefficient (Wildman–Crippen LogP) is 2.05. The molecular formula is C14H14ClNO4.